The number of sulfonamides is 2. The molecule has 0 aliphatic heterocycles. The fourth-order valence-electron chi connectivity index (χ4n) is 2.55. The summed E-state index contributed by atoms with van der Waals surface area (Å²) in [7, 11) is -7.22. The van der Waals surface area contributed by atoms with Crippen LogP contribution in [0.25, 0.3) is 0 Å². The Hall–Kier alpha value is -1.00. The van der Waals surface area contributed by atoms with Gasteiger partial charge in [-0.2, -0.15) is 4.31 Å². The van der Waals surface area contributed by atoms with Crippen LogP contribution in [0.1, 0.15) is 27.7 Å². The smallest absolute Gasteiger partial charge is 0.243 e. The van der Waals surface area contributed by atoms with Crippen molar-refractivity contribution in [2.45, 2.75) is 37.5 Å². The summed E-state index contributed by atoms with van der Waals surface area (Å²) in [5.41, 5.74) is 0. The standard InChI is InChI=1S/C16H29N3O4S2/c1-5-18(6-2)14-13-17-24(20,21)15-9-11-16(12-10-15)25(22,23)19(7-3)8-4/h9-12,17H,5-8,13-14H2,1-4H3/p+1. The van der Waals surface area contributed by atoms with E-state index in [4.69, 9.17) is 0 Å². The Labute approximate surface area is 152 Å². The number of hydrogen-bond acceptors (Lipinski definition) is 4. The summed E-state index contributed by atoms with van der Waals surface area (Å²) >= 11 is 0. The molecule has 0 bridgehead atoms. The molecule has 25 heavy (non-hydrogen) atoms. The number of rotatable bonds is 11. The molecule has 0 aromatic heterocycles. The van der Waals surface area contributed by atoms with Crippen molar-refractivity contribution >= 4 is 20.0 Å². The molecule has 2 N–H and O–H groups in total. The van der Waals surface area contributed by atoms with Gasteiger partial charge in [0, 0.05) is 13.1 Å². The third-order valence-corrected chi connectivity index (χ3v) is 7.79. The predicted octanol–water partition coefficient (Wildman–Crippen LogP) is -0.0799. The Morgan fingerprint density at radius 3 is 1.80 bits per heavy atom. The lowest BCUT2D eigenvalue weighted by atomic mass is 10.4. The molecule has 0 saturated carbocycles. The SMILES string of the molecule is CCN(CC)S(=O)(=O)c1ccc(S(=O)(=O)NCC[NH+](CC)CC)cc1. The fourth-order valence-corrected chi connectivity index (χ4v) is 5.04. The van der Waals surface area contributed by atoms with Gasteiger partial charge in [0.25, 0.3) is 0 Å². The zero-order valence-corrected chi connectivity index (χ0v) is 17.1. The summed E-state index contributed by atoms with van der Waals surface area (Å²) in [5.74, 6) is 0. The van der Waals surface area contributed by atoms with Gasteiger partial charge in [-0.3, -0.25) is 0 Å². The van der Waals surface area contributed by atoms with Gasteiger partial charge in [-0.15, -0.1) is 0 Å². The molecule has 0 amide bonds. The molecule has 0 unspecified atom stereocenters. The summed E-state index contributed by atoms with van der Waals surface area (Å²) in [6, 6.07) is 5.36. The molecular weight excluding hydrogens is 362 g/mol. The zero-order valence-electron chi connectivity index (χ0n) is 15.4. The van der Waals surface area contributed by atoms with Crippen molar-refractivity contribution < 1.29 is 21.7 Å². The second-order valence-electron chi connectivity index (χ2n) is 5.67. The minimum atomic E-state index is -3.64. The minimum Gasteiger partial charge on any atom is -0.334 e. The van der Waals surface area contributed by atoms with Crippen molar-refractivity contribution in [2.24, 2.45) is 0 Å². The summed E-state index contributed by atoms with van der Waals surface area (Å²) in [4.78, 5) is 1.48. The monoisotopic (exact) mass is 392 g/mol. The first-order chi connectivity index (χ1) is 11.7. The molecule has 0 aliphatic rings. The Morgan fingerprint density at radius 1 is 0.880 bits per heavy atom. The normalized spacial score (nSPS) is 12.9. The van der Waals surface area contributed by atoms with Crippen LogP contribution in [0, 0.1) is 0 Å². The molecule has 0 saturated heterocycles. The van der Waals surface area contributed by atoms with Gasteiger partial charge >= 0.3 is 0 Å². The lowest BCUT2D eigenvalue weighted by Crippen LogP contribution is -3.12. The van der Waals surface area contributed by atoms with Crippen LogP contribution in [0.3, 0.4) is 0 Å². The first kappa shape index (κ1) is 22.0. The van der Waals surface area contributed by atoms with E-state index < -0.39 is 20.0 Å². The van der Waals surface area contributed by atoms with Crippen LogP contribution in [0.4, 0.5) is 0 Å². The van der Waals surface area contributed by atoms with Gasteiger partial charge < -0.3 is 4.90 Å². The molecule has 9 heteroatoms. The maximum Gasteiger partial charge on any atom is 0.243 e. The van der Waals surface area contributed by atoms with Crippen molar-refractivity contribution in [2.75, 3.05) is 39.3 Å². The van der Waals surface area contributed by atoms with E-state index in [9.17, 15) is 16.8 Å². The van der Waals surface area contributed by atoms with Crippen LogP contribution >= 0.6 is 0 Å². The highest BCUT2D eigenvalue weighted by Crippen LogP contribution is 2.18. The lowest BCUT2D eigenvalue weighted by molar-refractivity contribution is -0.895. The zero-order chi connectivity index (χ0) is 19.1. The van der Waals surface area contributed by atoms with Crippen molar-refractivity contribution in [1.82, 2.24) is 9.03 Å². The van der Waals surface area contributed by atoms with Crippen LogP contribution in [-0.2, 0) is 20.0 Å². The molecule has 1 aromatic rings. The average Bonchev–Trinajstić information content (AvgIpc) is 2.59. The van der Waals surface area contributed by atoms with Gasteiger partial charge in [-0.25, -0.2) is 21.6 Å². The molecule has 0 aliphatic carbocycles. The Bertz CT molecular complexity index is 723. The van der Waals surface area contributed by atoms with Crippen LogP contribution < -0.4 is 9.62 Å². The molecule has 7 nitrogen and oxygen atoms in total. The lowest BCUT2D eigenvalue weighted by Gasteiger charge is -2.18. The minimum absolute atomic E-state index is 0.0699. The third-order valence-electron chi connectivity index (χ3n) is 4.25. The van der Waals surface area contributed by atoms with E-state index in [1.54, 1.807) is 13.8 Å². The van der Waals surface area contributed by atoms with E-state index in [0.717, 1.165) is 13.1 Å². The number of likely N-dealkylation sites (N-methyl/N-ethyl adjacent to an activating group) is 1. The van der Waals surface area contributed by atoms with E-state index in [1.165, 1.54) is 33.5 Å². The highest BCUT2D eigenvalue weighted by Gasteiger charge is 2.22. The molecule has 0 spiro atoms. The van der Waals surface area contributed by atoms with E-state index in [-0.39, 0.29) is 9.79 Å². The molecule has 0 fully saturated rings. The van der Waals surface area contributed by atoms with E-state index >= 15 is 0 Å². The molecular formula is C16H30N3O4S2+. The molecule has 1 aromatic carbocycles. The molecule has 1 rings (SSSR count). The average molecular weight is 393 g/mol. The van der Waals surface area contributed by atoms with Crippen molar-refractivity contribution in [1.29, 1.82) is 0 Å². The van der Waals surface area contributed by atoms with Gasteiger partial charge in [-0.05, 0) is 38.1 Å². The quantitative estimate of drug-likeness (QED) is 0.551. The molecule has 144 valence electrons. The number of nitrogens with one attached hydrogen (secondary N) is 2. The predicted molar refractivity (Wildman–Crippen MR) is 98.6 cm³/mol. The van der Waals surface area contributed by atoms with E-state index in [1.807, 2.05) is 0 Å². The highest BCUT2D eigenvalue weighted by molar-refractivity contribution is 7.89. The van der Waals surface area contributed by atoms with Gasteiger partial charge in [0.05, 0.1) is 36.0 Å². The molecule has 0 atom stereocenters. The van der Waals surface area contributed by atoms with E-state index in [0.29, 0.717) is 26.2 Å². The summed E-state index contributed by atoms with van der Waals surface area (Å²) in [6.07, 6.45) is 0. The van der Waals surface area contributed by atoms with Crippen LogP contribution in [0.5, 0.6) is 0 Å². The first-order valence-corrected chi connectivity index (χ1v) is 11.6. The highest BCUT2D eigenvalue weighted by atomic mass is 32.2. The first-order valence-electron chi connectivity index (χ1n) is 8.66. The topological polar surface area (TPSA) is 88.0 Å². The van der Waals surface area contributed by atoms with Crippen LogP contribution in [0.15, 0.2) is 34.1 Å². The molecule has 0 radical (unpaired) electrons. The summed E-state index contributed by atoms with van der Waals surface area (Å²) in [6.45, 7) is 11.3. The van der Waals surface area contributed by atoms with Crippen molar-refractivity contribution in [3.05, 3.63) is 24.3 Å². The maximum atomic E-state index is 12.4. The largest absolute Gasteiger partial charge is 0.334 e. The van der Waals surface area contributed by atoms with Crippen LogP contribution in [0.2, 0.25) is 0 Å². The summed E-state index contributed by atoms with van der Waals surface area (Å²) in [5, 5.41) is 0. The number of nitrogens with zero attached hydrogens (tertiary/aromatic N) is 1. The van der Waals surface area contributed by atoms with Crippen molar-refractivity contribution in [3.63, 3.8) is 0 Å². The Balaban J connectivity index is 2.87. The van der Waals surface area contributed by atoms with Gasteiger partial charge in [0.15, 0.2) is 0 Å². The second-order valence-corrected chi connectivity index (χ2v) is 9.37. The van der Waals surface area contributed by atoms with Gasteiger partial charge in [-0.1, -0.05) is 13.8 Å². The third kappa shape index (κ3) is 5.75. The Kier molecular flexibility index (Phi) is 8.49. The number of quaternary nitrogens is 1. The van der Waals surface area contributed by atoms with E-state index in [2.05, 4.69) is 18.6 Å². The number of hydrogen-bond donors (Lipinski definition) is 2. The van der Waals surface area contributed by atoms with Crippen molar-refractivity contribution in [3.8, 4) is 0 Å². The number of benzene rings is 1. The second kappa shape index (κ2) is 9.63. The maximum absolute atomic E-state index is 12.4. The van der Waals surface area contributed by atoms with Gasteiger partial charge in [0.1, 0.15) is 0 Å². The summed E-state index contributed by atoms with van der Waals surface area (Å²) < 4.78 is 53.4. The Morgan fingerprint density at radius 2 is 1.36 bits per heavy atom. The van der Waals surface area contributed by atoms with Gasteiger partial charge in [0.2, 0.25) is 20.0 Å². The fraction of sp³-hybridized carbons (Fsp3) is 0.625. The van der Waals surface area contributed by atoms with Crippen LogP contribution in [-0.4, -0.2) is 60.4 Å². The molecule has 0 heterocycles.